The maximum Gasteiger partial charge on any atom is 0.240 e. The first-order valence-corrected chi connectivity index (χ1v) is 11.5. The molecular weight excluding hydrogens is 428 g/mol. The van der Waals surface area contributed by atoms with Crippen molar-refractivity contribution in [1.29, 1.82) is 0 Å². The Morgan fingerprint density at radius 3 is 2.67 bits per heavy atom. The molecule has 0 aliphatic carbocycles. The van der Waals surface area contributed by atoms with Gasteiger partial charge in [0.25, 0.3) is 0 Å². The molecule has 2 aromatic rings. The van der Waals surface area contributed by atoms with Crippen molar-refractivity contribution in [1.82, 2.24) is 10.0 Å². The first kappa shape index (κ1) is 22.4. The van der Waals surface area contributed by atoms with Gasteiger partial charge in [-0.15, -0.1) is 0 Å². The van der Waals surface area contributed by atoms with Gasteiger partial charge in [-0.3, -0.25) is 4.79 Å². The Balaban J connectivity index is 1.52. The third-order valence-corrected chi connectivity index (χ3v) is 6.52. The first-order valence-electron chi connectivity index (χ1n) is 9.68. The van der Waals surface area contributed by atoms with Crippen molar-refractivity contribution < 1.29 is 22.7 Å². The maximum atomic E-state index is 12.4. The maximum absolute atomic E-state index is 12.4. The van der Waals surface area contributed by atoms with Gasteiger partial charge in [0.1, 0.15) is 0 Å². The van der Waals surface area contributed by atoms with Crippen LogP contribution in [0.4, 0.5) is 0 Å². The lowest BCUT2D eigenvalue weighted by Crippen LogP contribution is -2.31. The fourth-order valence-corrected chi connectivity index (χ4v) is 4.70. The highest BCUT2D eigenvalue weighted by Gasteiger charge is 2.18. The van der Waals surface area contributed by atoms with Crippen LogP contribution >= 0.6 is 11.6 Å². The average Bonchev–Trinajstić information content (AvgIpc) is 2.92. The largest absolute Gasteiger partial charge is 0.489 e. The number of aryl methyl sites for hydroxylation is 2. The van der Waals surface area contributed by atoms with Crippen molar-refractivity contribution >= 4 is 27.5 Å². The van der Waals surface area contributed by atoms with Gasteiger partial charge < -0.3 is 14.8 Å². The number of sulfonamides is 1. The summed E-state index contributed by atoms with van der Waals surface area (Å²) in [4.78, 5) is 12.4. The van der Waals surface area contributed by atoms with Gasteiger partial charge in [0.05, 0.1) is 23.1 Å². The van der Waals surface area contributed by atoms with Gasteiger partial charge in [0, 0.05) is 25.9 Å². The lowest BCUT2D eigenvalue weighted by molar-refractivity contribution is -0.121. The number of hydrogen-bond donors (Lipinski definition) is 2. The molecule has 0 fully saturated rings. The molecule has 0 radical (unpaired) electrons. The Bertz CT molecular complexity index is 1040. The summed E-state index contributed by atoms with van der Waals surface area (Å²) in [6, 6.07) is 8.63. The molecule has 0 bridgehead atoms. The minimum absolute atomic E-state index is 0.00335. The number of carbonyl (C=O) groups excluding carboxylic acids is 1. The van der Waals surface area contributed by atoms with E-state index in [9.17, 15) is 13.2 Å². The number of ether oxygens (including phenoxy) is 2. The lowest BCUT2D eigenvalue weighted by atomic mass is 10.2. The molecule has 1 heterocycles. The number of rotatable bonds is 7. The second-order valence-electron chi connectivity index (χ2n) is 7.15. The molecule has 7 nitrogen and oxygen atoms in total. The third-order valence-electron chi connectivity index (χ3n) is 4.62. The first-order chi connectivity index (χ1) is 14.3. The van der Waals surface area contributed by atoms with Crippen molar-refractivity contribution in [2.75, 3.05) is 19.8 Å². The number of hydrogen-bond acceptors (Lipinski definition) is 5. The highest BCUT2D eigenvalue weighted by Crippen LogP contribution is 2.37. The molecule has 0 saturated heterocycles. The molecule has 1 amide bonds. The van der Waals surface area contributed by atoms with Crippen molar-refractivity contribution in [3.63, 3.8) is 0 Å². The highest BCUT2D eigenvalue weighted by atomic mass is 35.5. The summed E-state index contributed by atoms with van der Waals surface area (Å²) >= 11 is 6.26. The molecule has 9 heteroatoms. The zero-order valence-electron chi connectivity index (χ0n) is 17.0. The predicted molar refractivity (Wildman–Crippen MR) is 115 cm³/mol. The van der Waals surface area contributed by atoms with Gasteiger partial charge >= 0.3 is 0 Å². The molecule has 1 aliphatic rings. The number of halogens is 1. The fraction of sp³-hybridized carbons (Fsp3) is 0.381. The minimum atomic E-state index is -3.67. The Labute approximate surface area is 181 Å². The number of benzene rings is 2. The van der Waals surface area contributed by atoms with E-state index in [1.165, 1.54) is 0 Å². The van der Waals surface area contributed by atoms with Gasteiger partial charge in [-0.25, -0.2) is 13.1 Å². The Morgan fingerprint density at radius 1 is 1.13 bits per heavy atom. The molecule has 3 rings (SSSR count). The standard InChI is InChI=1S/C21H25ClN2O5S/c1-14-4-5-19(15(2)10-14)30(26,27)24-7-6-20(25)23-13-16-11-17(22)21-18(12-16)28-8-3-9-29-21/h4-5,10-12,24H,3,6-9,13H2,1-2H3,(H,23,25). The Kier molecular flexibility index (Phi) is 7.23. The third kappa shape index (κ3) is 5.65. The molecule has 0 saturated carbocycles. The van der Waals surface area contributed by atoms with Crippen LogP contribution in [0.5, 0.6) is 11.5 Å². The topological polar surface area (TPSA) is 93.7 Å². The van der Waals surface area contributed by atoms with E-state index < -0.39 is 10.0 Å². The van der Waals surface area contributed by atoms with E-state index in [0.717, 1.165) is 17.5 Å². The van der Waals surface area contributed by atoms with E-state index in [4.69, 9.17) is 21.1 Å². The zero-order chi connectivity index (χ0) is 21.7. The summed E-state index contributed by atoms with van der Waals surface area (Å²) in [5.41, 5.74) is 2.42. The monoisotopic (exact) mass is 452 g/mol. The van der Waals surface area contributed by atoms with Gasteiger partial charge in [-0.1, -0.05) is 29.3 Å². The van der Waals surface area contributed by atoms with Crippen LogP contribution in [-0.4, -0.2) is 34.1 Å². The zero-order valence-corrected chi connectivity index (χ0v) is 18.5. The minimum Gasteiger partial charge on any atom is -0.489 e. The van der Waals surface area contributed by atoms with Crippen LogP contribution in [-0.2, 0) is 21.4 Å². The van der Waals surface area contributed by atoms with Crippen LogP contribution in [0.3, 0.4) is 0 Å². The molecule has 0 aromatic heterocycles. The average molecular weight is 453 g/mol. The van der Waals surface area contributed by atoms with Crippen LogP contribution < -0.4 is 19.5 Å². The normalized spacial score (nSPS) is 13.6. The summed E-state index contributed by atoms with van der Waals surface area (Å²) in [6.07, 6.45) is 0.789. The molecule has 1 aliphatic heterocycles. The molecule has 0 unspecified atom stereocenters. The van der Waals surface area contributed by atoms with Crippen molar-refractivity contribution in [3.05, 3.63) is 52.0 Å². The van der Waals surface area contributed by atoms with E-state index in [0.29, 0.717) is 35.3 Å². The molecule has 2 aromatic carbocycles. The SMILES string of the molecule is Cc1ccc(S(=O)(=O)NCCC(=O)NCc2cc(Cl)c3c(c2)OCCCO3)c(C)c1. The van der Waals surface area contributed by atoms with Gasteiger partial charge in [-0.05, 0) is 43.2 Å². The second kappa shape index (κ2) is 9.68. The number of amides is 1. The van der Waals surface area contributed by atoms with Crippen LogP contribution in [0.25, 0.3) is 0 Å². The van der Waals surface area contributed by atoms with Gasteiger partial charge in [0.2, 0.25) is 15.9 Å². The van der Waals surface area contributed by atoms with Crippen molar-refractivity contribution in [2.24, 2.45) is 0 Å². The fourth-order valence-electron chi connectivity index (χ4n) is 3.15. The summed E-state index contributed by atoms with van der Waals surface area (Å²) in [5.74, 6) is 0.803. The second-order valence-corrected chi connectivity index (χ2v) is 9.29. The van der Waals surface area contributed by atoms with E-state index >= 15 is 0 Å². The van der Waals surface area contributed by atoms with Crippen LogP contribution in [0.1, 0.15) is 29.5 Å². The molecule has 0 atom stereocenters. The smallest absolute Gasteiger partial charge is 0.240 e. The summed E-state index contributed by atoms with van der Waals surface area (Å²) < 4.78 is 38.6. The number of carbonyl (C=O) groups is 1. The summed E-state index contributed by atoms with van der Waals surface area (Å²) in [6.45, 7) is 4.98. The van der Waals surface area contributed by atoms with E-state index in [-0.39, 0.29) is 30.3 Å². The van der Waals surface area contributed by atoms with Gasteiger partial charge in [-0.2, -0.15) is 0 Å². The molecule has 0 spiro atoms. The van der Waals surface area contributed by atoms with Crippen LogP contribution in [0.2, 0.25) is 5.02 Å². The molecule has 2 N–H and O–H groups in total. The molecule has 30 heavy (non-hydrogen) atoms. The van der Waals surface area contributed by atoms with Crippen LogP contribution in [0, 0.1) is 13.8 Å². The molecule has 162 valence electrons. The quantitative estimate of drug-likeness (QED) is 0.673. The highest BCUT2D eigenvalue weighted by molar-refractivity contribution is 7.89. The Hall–Kier alpha value is -2.29. The lowest BCUT2D eigenvalue weighted by Gasteiger charge is -2.12. The summed E-state index contributed by atoms with van der Waals surface area (Å²) in [5, 5.41) is 3.20. The van der Waals surface area contributed by atoms with E-state index in [1.54, 1.807) is 31.2 Å². The van der Waals surface area contributed by atoms with Gasteiger partial charge in [0.15, 0.2) is 11.5 Å². The van der Waals surface area contributed by atoms with Crippen molar-refractivity contribution in [3.8, 4) is 11.5 Å². The summed E-state index contributed by atoms with van der Waals surface area (Å²) in [7, 11) is -3.67. The van der Waals surface area contributed by atoms with E-state index in [1.807, 2.05) is 13.0 Å². The number of nitrogens with one attached hydrogen (secondary N) is 2. The number of fused-ring (bicyclic) bond motifs is 1. The van der Waals surface area contributed by atoms with Crippen LogP contribution in [0.15, 0.2) is 35.2 Å². The van der Waals surface area contributed by atoms with E-state index in [2.05, 4.69) is 10.0 Å². The molecular formula is C21H25ClN2O5S. The Morgan fingerprint density at radius 2 is 1.90 bits per heavy atom. The van der Waals surface area contributed by atoms with Crippen molar-refractivity contribution in [2.45, 2.75) is 38.1 Å². The predicted octanol–water partition coefficient (Wildman–Crippen LogP) is 3.10.